The van der Waals surface area contributed by atoms with Gasteiger partial charge in [0.1, 0.15) is 11.6 Å². The van der Waals surface area contributed by atoms with Crippen molar-refractivity contribution in [2.75, 3.05) is 19.5 Å². The largest absolute Gasteiger partial charge is 0.495 e. The van der Waals surface area contributed by atoms with Gasteiger partial charge in [-0.3, -0.25) is 9.58 Å². The molecule has 5 nitrogen and oxygen atoms in total. The van der Waals surface area contributed by atoms with Crippen LogP contribution in [0.1, 0.15) is 22.4 Å². The summed E-state index contributed by atoms with van der Waals surface area (Å²) in [6.07, 6.45) is 0. The number of hydrogen-bond donors (Lipinski definition) is 1. The van der Waals surface area contributed by atoms with Crippen molar-refractivity contribution in [3.63, 3.8) is 0 Å². The van der Waals surface area contributed by atoms with Gasteiger partial charge in [-0.05, 0) is 61.5 Å². The molecule has 5 rings (SSSR count). The standard InChI is InChI=1S/C27H27FN4O/c1-18-11-12-24(26(13-18)33-3)29-20-8-6-7-19(14-20)15-32-27(21-9-4-5-10-23(21)28)22-16-31(2)17-25(22)30-32/h4-14,29H,15-17H2,1-3H3. The fourth-order valence-electron chi connectivity index (χ4n) is 4.47. The second-order valence-corrected chi connectivity index (χ2v) is 8.61. The summed E-state index contributed by atoms with van der Waals surface area (Å²) in [7, 11) is 3.74. The smallest absolute Gasteiger partial charge is 0.142 e. The molecule has 0 bridgehead atoms. The third kappa shape index (κ3) is 4.22. The Balaban J connectivity index is 1.48. The topological polar surface area (TPSA) is 42.3 Å². The second-order valence-electron chi connectivity index (χ2n) is 8.61. The van der Waals surface area contributed by atoms with Crippen LogP contribution in [-0.2, 0) is 19.6 Å². The van der Waals surface area contributed by atoms with Gasteiger partial charge in [-0.15, -0.1) is 0 Å². The van der Waals surface area contributed by atoms with Gasteiger partial charge in [0.25, 0.3) is 0 Å². The van der Waals surface area contributed by atoms with Crippen LogP contribution in [0.3, 0.4) is 0 Å². The van der Waals surface area contributed by atoms with Crippen molar-refractivity contribution < 1.29 is 9.13 Å². The van der Waals surface area contributed by atoms with Gasteiger partial charge in [-0.2, -0.15) is 5.10 Å². The van der Waals surface area contributed by atoms with Gasteiger partial charge in [-0.1, -0.05) is 30.3 Å². The van der Waals surface area contributed by atoms with Crippen LogP contribution in [0.25, 0.3) is 11.3 Å². The summed E-state index contributed by atoms with van der Waals surface area (Å²) in [5.41, 5.74) is 7.69. The molecule has 0 fully saturated rings. The summed E-state index contributed by atoms with van der Waals surface area (Å²) >= 11 is 0. The molecule has 0 saturated carbocycles. The Hall–Kier alpha value is -3.64. The molecule has 0 saturated heterocycles. The fourth-order valence-corrected chi connectivity index (χ4v) is 4.47. The van der Waals surface area contributed by atoms with E-state index in [9.17, 15) is 4.39 Å². The third-order valence-corrected chi connectivity index (χ3v) is 6.01. The molecular formula is C27H27FN4O. The van der Waals surface area contributed by atoms with E-state index in [2.05, 4.69) is 35.5 Å². The molecule has 0 aliphatic carbocycles. The molecule has 1 aliphatic rings. The highest BCUT2D eigenvalue weighted by Gasteiger charge is 2.27. The highest BCUT2D eigenvalue weighted by atomic mass is 19.1. The van der Waals surface area contributed by atoms with Gasteiger partial charge in [0, 0.05) is 29.9 Å². The number of rotatable bonds is 6. The van der Waals surface area contributed by atoms with E-state index in [0.717, 1.165) is 58.3 Å². The molecule has 168 valence electrons. The van der Waals surface area contributed by atoms with Gasteiger partial charge in [0.05, 0.1) is 30.7 Å². The minimum Gasteiger partial charge on any atom is -0.495 e. The van der Waals surface area contributed by atoms with E-state index in [1.165, 1.54) is 6.07 Å². The Morgan fingerprint density at radius 2 is 1.88 bits per heavy atom. The minimum absolute atomic E-state index is 0.224. The summed E-state index contributed by atoms with van der Waals surface area (Å²) < 4.78 is 22.2. The maximum atomic E-state index is 14.8. The van der Waals surface area contributed by atoms with Crippen molar-refractivity contribution in [2.24, 2.45) is 0 Å². The molecule has 1 N–H and O–H groups in total. The van der Waals surface area contributed by atoms with Crippen molar-refractivity contribution >= 4 is 11.4 Å². The van der Waals surface area contributed by atoms with E-state index >= 15 is 0 Å². The monoisotopic (exact) mass is 442 g/mol. The first-order chi connectivity index (χ1) is 16.0. The quantitative estimate of drug-likeness (QED) is 0.413. The van der Waals surface area contributed by atoms with E-state index < -0.39 is 0 Å². The first-order valence-corrected chi connectivity index (χ1v) is 11.0. The Morgan fingerprint density at radius 3 is 2.70 bits per heavy atom. The van der Waals surface area contributed by atoms with Crippen LogP contribution in [0, 0.1) is 12.7 Å². The number of nitrogens with zero attached hydrogens (tertiary/aromatic N) is 3. The van der Waals surface area contributed by atoms with Gasteiger partial charge in [-0.25, -0.2) is 4.39 Å². The summed E-state index contributed by atoms with van der Waals surface area (Å²) in [5.74, 6) is 0.577. The molecule has 3 aromatic carbocycles. The predicted molar refractivity (Wildman–Crippen MR) is 129 cm³/mol. The maximum absolute atomic E-state index is 14.8. The normalized spacial score (nSPS) is 13.2. The Bertz CT molecular complexity index is 1310. The highest BCUT2D eigenvalue weighted by molar-refractivity contribution is 5.68. The number of fused-ring (bicyclic) bond motifs is 1. The molecule has 4 aromatic rings. The molecule has 0 unspecified atom stereocenters. The van der Waals surface area contributed by atoms with Crippen molar-refractivity contribution in [1.82, 2.24) is 14.7 Å². The molecule has 0 spiro atoms. The molecular weight excluding hydrogens is 415 g/mol. The molecule has 0 radical (unpaired) electrons. The molecule has 6 heteroatoms. The SMILES string of the molecule is COc1cc(C)ccc1Nc1cccc(Cn2nc3c(c2-c2ccccc2F)CN(C)C3)c1. The van der Waals surface area contributed by atoms with Crippen LogP contribution in [0.4, 0.5) is 15.8 Å². The minimum atomic E-state index is -0.224. The third-order valence-electron chi connectivity index (χ3n) is 6.01. The number of aromatic nitrogens is 2. The Kier molecular flexibility index (Phi) is 5.60. The van der Waals surface area contributed by atoms with Crippen LogP contribution >= 0.6 is 0 Å². The average molecular weight is 443 g/mol. The molecule has 0 atom stereocenters. The van der Waals surface area contributed by atoms with Gasteiger partial charge in [0.15, 0.2) is 0 Å². The summed E-state index contributed by atoms with van der Waals surface area (Å²) in [6, 6.07) is 21.2. The number of halogens is 1. The average Bonchev–Trinajstić information content (AvgIpc) is 3.31. The number of nitrogens with one attached hydrogen (secondary N) is 1. The van der Waals surface area contributed by atoms with E-state index in [1.807, 2.05) is 48.0 Å². The molecule has 1 aromatic heterocycles. The lowest BCUT2D eigenvalue weighted by molar-refractivity contribution is 0.346. The number of anilines is 2. The zero-order chi connectivity index (χ0) is 22.9. The number of hydrogen-bond acceptors (Lipinski definition) is 4. The zero-order valence-corrected chi connectivity index (χ0v) is 19.1. The van der Waals surface area contributed by atoms with Crippen LogP contribution < -0.4 is 10.1 Å². The van der Waals surface area contributed by atoms with E-state index in [4.69, 9.17) is 9.84 Å². The van der Waals surface area contributed by atoms with Crippen LogP contribution in [0.15, 0.2) is 66.7 Å². The van der Waals surface area contributed by atoms with Crippen molar-refractivity contribution in [1.29, 1.82) is 0 Å². The number of benzene rings is 3. The number of methoxy groups -OCH3 is 1. The number of aryl methyl sites for hydroxylation is 1. The van der Waals surface area contributed by atoms with Crippen molar-refractivity contribution in [3.8, 4) is 17.0 Å². The molecule has 2 heterocycles. The zero-order valence-electron chi connectivity index (χ0n) is 19.1. The Labute approximate surface area is 193 Å². The predicted octanol–water partition coefficient (Wildman–Crippen LogP) is 5.74. The van der Waals surface area contributed by atoms with Gasteiger partial charge < -0.3 is 10.1 Å². The highest BCUT2D eigenvalue weighted by Crippen LogP contribution is 2.34. The second kappa shape index (κ2) is 8.71. The maximum Gasteiger partial charge on any atom is 0.142 e. The van der Waals surface area contributed by atoms with Crippen LogP contribution in [0.2, 0.25) is 0 Å². The summed E-state index contributed by atoms with van der Waals surface area (Å²) in [4.78, 5) is 2.20. The first kappa shape index (κ1) is 21.2. The Morgan fingerprint density at radius 1 is 1.03 bits per heavy atom. The van der Waals surface area contributed by atoms with E-state index in [-0.39, 0.29) is 5.82 Å². The van der Waals surface area contributed by atoms with Crippen LogP contribution in [0.5, 0.6) is 5.75 Å². The lowest BCUT2D eigenvalue weighted by atomic mass is 10.1. The van der Waals surface area contributed by atoms with Crippen molar-refractivity contribution in [3.05, 3.63) is 94.9 Å². The molecule has 33 heavy (non-hydrogen) atoms. The fraction of sp³-hybridized carbons (Fsp3) is 0.222. The summed E-state index contributed by atoms with van der Waals surface area (Å²) in [6.45, 7) is 4.15. The van der Waals surface area contributed by atoms with Gasteiger partial charge in [0.2, 0.25) is 0 Å². The number of ether oxygens (including phenoxy) is 1. The van der Waals surface area contributed by atoms with Gasteiger partial charge >= 0.3 is 0 Å². The molecule has 1 aliphatic heterocycles. The van der Waals surface area contributed by atoms with E-state index in [0.29, 0.717) is 12.1 Å². The van der Waals surface area contributed by atoms with Crippen molar-refractivity contribution in [2.45, 2.75) is 26.6 Å². The van der Waals surface area contributed by atoms with Crippen LogP contribution in [-0.4, -0.2) is 28.8 Å². The summed E-state index contributed by atoms with van der Waals surface area (Å²) in [5, 5.41) is 8.33. The first-order valence-electron chi connectivity index (χ1n) is 11.0. The van der Waals surface area contributed by atoms with E-state index in [1.54, 1.807) is 13.2 Å². The molecule has 0 amide bonds. The lowest BCUT2D eigenvalue weighted by Crippen LogP contribution is -2.13. The lowest BCUT2D eigenvalue weighted by Gasteiger charge is -2.15.